The molecule has 1 aliphatic carbocycles. The van der Waals surface area contributed by atoms with Crippen LogP contribution in [0.4, 0.5) is 14.5 Å². The number of rotatable bonds is 5. The zero-order valence-electron chi connectivity index (χ0n) is 11.6. The van der Waals surface area contributed by atoms with Crippen molar-refractivity contribution in [2.75, 3.05) is 18.9 Å². The van der Waals surface area contributed by atoms with Gasteiger partial charge in [-0.3, -0.25) is 9.59 Å². The van der Waals surface area contributed by atoms with Crippen LogP contribution in [-0.4, -0.2) is 36.0 Å². The highest BCUT2D eigenvalue weighted by molar-refractivity contribution is 5.97. The number of anilines is 1. The second-order valence-corrected chi connectivity index (χ2v) is 4.79. The maximum absolute atomic E-state index is 13.9. The van der Waals surface area contributed by atoms with E-state index in [1.165, 1.54) is 0 Å². The van der Waals surface area contributed by atoms with E-state index >= 15 is 0 Å². The summed E-state index contributed by atoms with van der Waals surface area (Å²) in [6.45, 7) is 1.48. The van der Waals surface area contributed by atoms with Crippen molar-refractivity contribution in [3.8, 4) is 0 Å². The average molecular weight is 298 g/mol. The first-order valence-corrected chi connectivity index (χ1v) is 6.65. The molecule has 0 aromatic heterocycles. The van der Waals surface area contributed by atoms with Gasteiger partial charge in [0.15, 0.2) is 5.82 Å². The van der Waals surface area contributed by atoms with Crippen LogP contribution in [0.1, 0.15) is 30.1 Å². The number of hydrogen-bond acceptors (Lipinski definition) is 4. The van der Waals surface area contributed by atoms with E-state index in [1.54, 1.807) is 6.92 Å². The highest BCUT2D eigenvalue weighted by Crippen LogP contribution is 2.30. The lowest BCUT2D eigenvalue weighted by molar-refractivity contribution is -0.144. The van der Waals surface area contributed by atoms with Crippen molar-refractivity contribution in [2.24, 2.45) is 0 Å². The zero-order chi connectivity index (χ0) is 15.6. The van der Waals surface area contributed by atoms with Gasteiger partial charge in [0.2, 0.25) is 0 Å². The molecule has 7 heteroatoms. The highest BCUT2D eigenvalue weighted by Gasteiger charge is 2.37. The standard InChI is InChI=1S/C14H16F2N2O3/c1-2-21-11(19)7-18(8-3-4-8)14(20)12-9(15)5-6-10(17)13(12)16/h5-6,8H,2-4,7,17H2,1H3. The molecule has 1 saturated carbocycles. The lowest BCUT2D eigenvalue weighted by Gasteiger charge is -2.22. The van der Waals surface area contributed by atoms with Crippen molar-refractivity contribution in [1.29, 1.82) is 0 Å². The van der Waals surface area contributed by atoms with E-state index in [0.29, 0.717) is 12.8 Å². The molecular formula is C14H16F2N2O3. The molecule has 0 aliphatic heterocycles. The van der Waals surface area contributed by atoms with Crippen LogP contribution in [0.25, 0.3) is 0 Å². The van der Waals surface area contributed by atoms with Gasteiger partial charge in [-0.05, 0) is 31.9 Å². The van der Waals surface area contributed by atoms with Crippen LogP contribution in [-0.2, 0) is 9.53 Å². The number of ether oxygens (including phenoxy) is 1. The first-order valence-electron chi connectivity index (χ1n) is 6.65. The van der Waals surface area contributed by atoms with E-state index in [1.807, 2.05) is 0 Å². The minimum Gasteiger partial charge on any atom is -0.465 e. The van der Waals surface area contributed by atoms with Crippen LogP contribution in [0.5, 0.6) is 0 Å². The van der Waals surface area contributed by atoms with Gasteiger partial charge in [-0.15, -0.1) is 0 Å². The summed E-state index contributed by atoms with van der Waals surface area (Å²) in [5, 5.41) is 0. The molecule has 2 N–H and O–H groups in total. The molecule has 1 fully saturated rings. The third kappa shape index (κ3) is 3.29. The molecular weight excluding hydrogens is 282 g/mol. The summed E-state index contributed by atoms with van der Waals surface area (Å²) in [7, 11) is 0. The number of benzene rings is 1. The van der Waals surface area contributed by atoms with Gasteiger partial charge in [-0.2, -0.15) is 0 Å². The fourth-order valence-corrected chi connectivity index (χ4v) is 2.01. The van der Waals surface area contributed by atoms with E-state index in [4.69, 9.17) is 10.5 Å². The molecule has 21 heavy (non-hydrogen) atoms. The second kappa shape index (κ2) is 6.07. The molecule has 0 unspecified atom stereocenters. The number of carbonyl (C=O) groups excluding carboxylic acids is 2. The van der Waals surface area contributed by atoms with E-state index in [-0.39, 0.29) is 24.9 Å². The Morgan fingerprint density at radius 2 is 2.05 bits per heavy atom. The molecule has 5 nitrogen and oxygen atoms in total. The summed E-state index contributed by atoms with van der Waals surface area (Å²) in [6, 6.07) is 1.79. The Morgan fingerprint density at radius 3 is 2.62 bits per heavy atom. The van der Waals surface area contributed by atoms with Gasteiger partial charge < -0.3 is 15.4 Å². The molecule has 0 atom stereocenters. The van der Waals surface area contributed by atoms with Gasteiger partial charge in [-0.1, -0.05) is 0 Å². The number of nitrogens with zero attached hydrogens (tertiary/aromatic N) is 1. The van der Waals surface area contributed by atoms with Gasteiger partial charge in [0.25, 0.3) is 5.91 Å². The lowest BCUT2D eigenvalue weighted by Crippen LogP contribution is -2.39. The summed E-state index contributed by atoms with van der Waals surface area (Å²) in [5.41, 5.74) is 4.32. The number of hydrogen-bond donors (Lipinski definition) is 1. The number of esters is 1. The fourth-order valence-electron chi connectivity index (χ4n) is 2.01. The van der Waals surface area contributed by atoms with Crippen molar-refractivity contribution in [1.82, 2.24) is 4.90 Å². The van der Waals surface area contributed by atoms with Gasteiger partial charge in [0, 0.05) is 6.04 Å². The van der Waals surface area contributed by atoms with Crippen LogP contribution in [0.3, 0.4) is 0 Å². The number of nitrogens with two attached hydrogens (primary N) is 1. The summed E-state index contributed by atoms with van der Waals surface area (Å²) >= 11 is 0. The quantitative estimate of drug-likeness (QED) is 0.663. The molecule has 0 bridgehead atoms. The van der Waals surface area contributed by atoms with E-state index in [2.05, 4.69) is 0 Å². The number of halogens is 2. The first kappa shape index (κ1) is 15.2. The third-order valence-electron chi connectivity index (χ3n) is 3.19. The molecule has 1 amide bonds. The van der Waals surface area contributed by atoms with Crippen LogP contribution < -0.4 is 5.73 Å². The van der Waals surface area contributed by atoms with Crippen molar-refractivity contribution in [3.05, 3.63) is 29.3 Å². The molecule has 0 heterocycles. The summed E-state index contributed by atoms with van der Waals surface area (Å²) < 4.78 is 32.4. The van der Waals surface area contributed by atoms with Gasteiger partial charge in [0.1, 0.15) is 17.9 Å². The Morgan fingerprint density at radius 1 is 1.38 bits per heavy atom. The number of carbonyl (C=O) groups is 2. The fraction of sp³-hybridized carbons (Fsp3) is 0.429. The Balaban J connectivity index is 2.27. The average Bonchev–Trinajstić information content (AvgIpc) is 3.25. The first-order chi connectivity index (χ1) is 9.95. The molecule has 114 valence electrons. The monoisotopic (exact) mass is 298 g/mol. The number of nitrogen functional groups attached to an aromatic ring is 1. The molecule has 0 saturated heterocycles. The largest absolute Gasteiger partial charge is 0.465 e. The maximum atomic E-state index is 13.9. The van der Waals surface area contributed by atoms with Crippen molar-refractivity contribution in [2.45, 2.75) is 25.8 Å². The van der Waals surface area contributed by atoms with Gasteiger partial charge in [-0.25, -0.2) is 8.78 Å². The Kier molecular flexibility index (Phi) is 4.40. The van der Waals surface area contributed by atoms with Crippen LogP contribution >= 0.6 is 0 Å². The molecule has 2 rings (SSSR count). The molecule has 0 radical (unpaired) electrons. The third-order valence-corrected chi connectivity index (χ3v) is 3.19. The maximum Gasteiger partial charge on any atom is 0.325 e. The Bertz CT molecular complexity index is 574. The highest BCUT2D eigenvalue weighted by atomic mass is 19.1. The summed E-state index contributed by atoms with van der Waals surface area (Å²) in [4.78, 5) is 25.0. The van der Waals surface area contributed by atoms with Crippen LogP contribution in [0.15, 0.2) is 12.1 Å². The smallest absolute Gasteiger partial charge is 0.325 e. The number of amides is 1. The Hall–Kier alpha value is -2.18. The minimum atomic E-state index is -1.10. The topological polar surface area (TPSA) is 72.6 Å². The minimum absolute atomic E-state index is 0.173. The normalized spacial score (nSPS) is 13.9. The van der Waals surface area contributed by atoms with E-state index < -0.39 is 29.1 Å². The summed E-state index contributed by atoms with van der Waals surface area (Å²) in [6.07, 6.45) is 1.38. The molecule has 1 aromatic carbocycles. The molecule has 0 spiro atoms. The predicted octanol–water partition coefficient (Wildman–Crippen LogP) is 1.71. The lowest BCUT2D eigenvalue weighted by atomic mass is 10.1. The van der Waals surface area contributed by atoms with Crippen molar-refractivity contribution in [3.63, 3.8) is 0 Å². The predicted molar refractivity (Wildman–Crippen MR) is 71.5 cm³/mol. The van der Waals surface area contributed by atoms with Crippen LogP contribution in [0, 0.1) is 11.6 Å². The van der Waals surface area contributed by atoms with Gasteiger partial charge >= 0.3 is 5.97 Å². The summed E-state index contributed by atoms with van der Waals surface area (Å²) in [5.74, 6) is -3.59. The molecule has 1 aliphatic rings. The zero-order valence-corrected chi connectivity index (χ0v) is 11.6. The Labute approximate surface area is 120 Å². The second-order valence-electron chi connectivity index (χ2n) is 4.79. The van der Waals surface area contributed by atoms with E-state index in [0.717, 1.165) is 17.0 Å². The van der Waals surface area contributed by atoms with E-state index in [9.17, 15) is 18.4 Å². The van der Waals surface area contributed by atoms with Crippen LogP contribution in [0.2, 0.25) is 0 Å². The molecule has 1 aromatic rings. The van der Waals surface area contributed by atoms with Crippen molar-refractivity contribution >= 4 is 17.6 Å². The van der Waals surface area contributed by atoms with Crippen molar-refractivity contribution < 1.29 is 23.1 Å². The van der Waals surface area contributed by atoms with Gasteiger partial charge in [0.05, 0.1) is 12.3 Å². The SMILES string of the molecule is CCOC(=O)CN(C(=O)c1c(F)ccc(N)c1F)C1CC1.